The Morgan fingerprint density at radius 2 is 2.19 bits per heavy atom. The molecule has 0 spiro atoms. The van der Waals surface area contributed by atoms with E-state index < -0.39 is 5.82 Å². The van der Waals surface area contributed by atoms with Gasteiger partial charge in [0.25, 0.3) is 0 Å². The van der Waals surface area contributed by atoms with E-state index in [9.17, 15) is 8.78 Å². The molecule has 0 saturated carbocycles. The summed E-state index contributed by atoms with van der Waals surface area (Å²) in [5, 5.41) is 0. The lowest BCUT2D eigenvalue weighted by atomic mass is 10.1. The Kier molecular flexibility index (Phi) is 3.21. The van der Waals surface area contributed by atoms with Crippen molar-refractivity contribution in [2.24, 2.45) is 5.73 Å². The van der Waals surface area contributed by atoms with Gasteiger partial charge in [0.15, 0.2) is 0 Å². The molecular weight excluding hydrogens is 210 g/mol. The zero-order chi connectivity index (χ0) is 11.7. The van der Waals surface area contributed by atoms with Gasteiger partial charge in [-0.25, -0.2) is 8.78 Å². The summed E-state index contributed by atoms with van der Waals surface area (Å²) < 4.78 is 26.4. The van der Waals surface area contributed by atoms with E-state index in [4.69, 9.17) is 5.73 Å². The molecule has 2 rings (SSSR count). The topological polar surface area (TPSA) is 29.3 Å². The molecule has 0 aromatic heterocycles. The largest absolute Gasteiger partial charge is 0.326 e. The zero-order valence-electron chi connectivity index (χ0n) is 9.29. The molecule has 1 aromatic carbocycles. The SMILES string of the molecule is CC1C(N)CCN1Cc1cc(F)ccc1F. The van der Waals surface area contributed by atoms with Crippen LogP contribution in [0.15, 0.2) is 18.2 Å². The van der Waals surface area contributed by atoms with E-state index >= 15 is 0 Å². The minimum Gasteiger partial charge on any atom is -0.326 e. The van der Waals surface area contributed by atoms with E-state index in [1.54, 1.807) is 0 Å². The standard InChI is InChI=1S/C12H16F2N2/c1-8-12(15)4-5-16(8)7-9-6-10(13)2-3-11(9)14/h2-3,6,8,12H,4-5,7,15H2,1H3. The number of nitrogens with zero attached hydrogens (tertiary/aromatic N) is 1. The first-order valence-corrected chi connectivity index (χ1v) is 5.51. The van der Waals surface area contributed by atoms with E-state index in [0.29, 0.717) is 12.1 Å². The van der Waals surface area contributed by atoms with Crippen molar-refractivity contribution in [3.8, 4) is 0 Å². The molecule has 1 saturated heterocycles. The molecule has 16 heavy (non-hydrogen) atoms. The fraction of sp³-hybridized carbons (Fsp3) is 0.500. The molecule has 2 unspecified atom stereocenters. The highest BCUT2D eigenvalue weighted by Gasteiger charge is 2.28. The van der Waals surface area contributed by atoms with Crippen molar-refractivity contribution in [3.63, 3.8) is 0 Å². The summed E-state index contributed by atoms with van der Waals surface area (Å²) in [4.78, 5) is 2.09. The smallest absolute Gasteiger partial charge is 0.127 e. The van der Waals surface area contributed by atoms with Gasteiger partial charge in [0.1, 0.15) is 11.6 Å². The van der Waals surface area contributed by atoms with Crippen LogP contribution in [0.3, 0.4) is 0 Å². The van der Waals surface area contributed by atoms with Crippen LogP contribution >= 0.6 is 0 Å². The molecule has 2 nitrogen and oxygen atoms in total. The average Bonchev–Trinajstić information content (AvgIpc) is 2.55. The highest BCUT2D eigenvalue weighted by atomic mass is 19.1. The molecule has 2 atom stereocenters. The summed E-state index contributed by atoms with van der Waals surface area (Å²) in [6.45, 7) is 3.30. The number of benzene rings is 1. The molecular formula is C12H16F2N2. The molecule has 2 N–H and O–H groups in total. The van der Waals surface area contributed by atoms with E-state index in [0.717, 1.165) is 19.0 Å². The molecule has 0 aliphatic carbocycles. The molecule has 0 radical (unpaired) electrons. The number of hydrogen-bond donors (Lipinski definition) is 1. The lowest BCUT2D eigenvalue weighted by Gasteiger charge is -2.23. The number of likely N-dealkylation sites (tertiary alicyclic amines) is 1. The first-order valence-electron chi connectivity index (χ1n) is 5.51. The van der Waals surface area contributed by atoms with E-state index in [1.165, 1.54) is 12.1 Å². The van der Waals surface area contributed by atoms with Gasteiger partial charge in [-0.3, -0.25) is 4.90 Å². The van der Waals surface area contributed by atoms with Crippen molar-refractivity contribution in [2.45, 2.75) is 32.0 Å². The van der Waals surface area contributed by atoms with Gasteiger partial charge in [-0.15, -0.1) is 0 Å². The van der Waals surface area contributed by atoms with Gasteiger partial charge < -0.3 is 5.73 Å². The van der Waals surface area contributed by atoms with Crippen LogP contribution < -0.4 is 5.73 Å². The lowest BCUT2D eigenvalue weighted by molar-refractivity contribution is 0.248. The summed E-state index contributed by atoms with van der Waals surface area (Å²) in [5.41, 5.74) is 6.28. The first-order chi connectivity index (χ1) is 7.58. The van der Waals surface area contributed by atoms with Gasteiger partial charge in [0.05, 0.1) is 0 Å². The molecule has 1 aliphatic rings. The molecule has 4 heteroatoms. The third-order valence-corrected chi connectivity index (χ3v) is 3.33. The second-order valence-corrected chi connectivity index (χ2v) is 4.40. The van der Waals surface area contributed by atoms with E-state index in [2.05, 4.69) is 4.90 Å². The lowest BCUT2D eigenvalue weighted by Crippen LogP contribution is -2.36. The Morgan fingerprint density at radius 1 is 1.44 bits per heavy atom. The van der Waals surface area contributed by atoms with Crippen molar-refractivity contribution in [3.05, 3.63) is 35.4 Å². The van der Waals surface area contributed by atoms with Crippen LogP contribution in [-0.2, 0) is 6.54 Å². The molecule has 1 heterocycles. The third-order valence-electron chi connectivity index (χ3n) is 3.33. The maximum atomic E-state index is 13.4. The van der Waals surface area contributed by atoms with Crippen LogP contribution in [-0.4, -0.2) is 23.5 Å². The Bertz CT molecular complexity index is 381. The maximum absolute atomic E-state index is 13.4. The van der Waals surface area contributed by atoms with Crippen molar-refractivity contribution in [1.29, 1.82) is 0 Å². The Morgan fingerprint density at radius 3 is 2.81 bits per heavy atom. The third kappa shape index (κ3) is 2.23. The summed E-state index contributed by atoms with van der Waals surface area (Å²) in [6, 6.07) is 3.93. The molecule has 1 fully saturated rings. The first kappa shape index (κ1) is 11.5. The van der Waals surface area contributed by atoms with Gasteiger partial charge in [-0.1, -0.05) is 0 Å². The van der Waals surface area contributed by atoms with Crippen LogP contribution in [0.1, 0.15) is 18.9 Å². The normalized spacial score (nSPS) is 26.2. The van der Waals surface area contributed by atoms with Gasteiger partial charge >= 0.3 is 0 Å². The Labute approximate surface area is 94.0 Å². The second-order valence-electron chi connectivity index (χ2n) is 4.40. The number of halogens is 2. The molecule has 0 bridgehead atoms. The number of hydrogen-bond acceptors (Lipinski definition) is 2. The molecule has 1 aliphatic heterocycles. The van der Waals surface area contributed by atoms with Crippen LogP contribution in [0.2, 0.25) is 0 Å². The van der Waals surface area contributed by atoms with Crippen molar-refractivity contribution >= 4 is 0 Å². The predicted molar refractivity (Wildman–Crippen MR) is 58.8 cm³/mol. The van der Waals surface area contributed by atoms with Crippen molar-refractivity contribution in [2.75, 3.05) is 6.54 Å². The maximum Gasteiger partial charge on any atom is 0.127 e. The molecule has 1 aromatic rings. The summed E-state index contributed by atoms with van der Waals surface area (Å²) in [6.07, 6.45) is 0.915. The van der Waals surface area contributed by atoms with E-state index in [-0.39, 0.29) is 17.9 Å². The average molecular weight is 226 g/mol. The highest BCUT2D eigenvalue weighted by molar-refractivity contribution is 5.19. The minimum absolute atomic E-state index is 0.136. The fourth-order valence-corrected chi connectivity index (χ4v) is 2.14. The Hall–Kier alpha value is -1.00. The van der Waals surface area contributed by atoms with Crippen LogP contribution in [0.25, 0.3) is 0 Å². The second kappa shape index (κ2) is 4.47. The van der Waals surface area contributed by atoms with Gasteiger partial charge in [0, 0.05) is 30.7 Å². The summed E-state index contributed by atoms with van der Waals surface area (Å²) in [7, 11) is 0. The minimum atomic E-state index is -0.396. The van der Waals surface area contributed by atoms with Crippen molar-refractivity contribution in [1.82, 2.24) is 4.90 Å². The monoisotopic (exact) mass is 226 g/mol. The Balaban J connectivity index is 2.12. The van der Waals surface area contributed by atoms with Gasteiger partial charge in [0.2, 0.25) is 0 Å². The number of nitrogens with two attached hydrogens (primary N) is 1. The highest BCUT2D eigenvalue weighted by Crippen LogP contribution is 2.20. The van der Waals surface area contributed by atoms with Gasteiger partial charge in [-0.05, 0) is 31.5 Å². The van der Waals surface area contributed by atoms with Crippen LogP contribution in [0.5, 0.6) is 0 Å². The number of rotatable bonds is 2. The van der Waals surface area contributed by atoms with Crippen molar-refractivity contribution < 1.29 is 8.78 Å². The predicted octanol–water partition coefficient (Wildman–Crippen LogP) is 1.89. The van der Waals surface area contributed by atoms with Gasteiger partial charge in [-0.2, -0.15) is 0 Å². The zero-order valence-corrected chi connectivity index (χ0v) is 9.29. The molecule has 88 valence electrons. The molecule has 0 amide bonds. The fourth-order valence-electron chi connectivity index (χ4n) is 2.14. The summed E-state index contributed by atoms with van der Waals surface area (Å²) >= 11 is 0. The summed E-state index contributed by atoms with van der Waals surface area (Å²) in [5.74, 6) is -0.749. The van der Waals surface area contributed by atoms with Crippen LogP contribution in [0.4, 0.5) is 8.78 Å². The quantitative estimate of drug-likeness (QED) is 0.834. The van der Waals surface area contributed by atoms with Crippen LogP contribution in [0, 0.1) is 11.6 Å². The van der Waals surface area contributed by atoms with E-state index in [1.807, 2.05) is 6.92 Å².